The van der Waals surface area contributed by atoms with Crippen molar-refractivity contribution in [3.8, 4) is 0 Å². The van der Waals surface area contributed by atoms with Crippen molar-refractivity contribution in [3.63, 3.8) is 0 Å². The van der Waals surface area contributed by atoms with E-state index in [2.05, 4.69) is 88.8 Å². The normalized spacial score (nSPS) is 20.5. The lowest BCUT2D eigenvalue weighted by Crippen LogP contribution is -2.40. The number of halogens is 1. The second-order valence-corrected chi connectivity index (χ2v) is 10.1. The van der Waals surface area contributed by atoms with Crippen molar-refractivity contribution >= 4 is 5.69 Å². The van der Waals surface area contributed by atoms with Crippen LogP contribution >= 0.6 is 0 Å². The van der Waals surface area contributed by atoms with Crippen molar-refractivity contribution in [1.29, 1.82) is 0 Å². The number of nitrogens with zero attached hydrogens (tertiary/aromatic N) is 5. The van der Waals surface area contributed by atoms with Crippen LogP contribution in [-0.2, 0) is 6.54 Å². The van der Waals surface area contributed by atoms with E-state index in [4.69, 9.17) is 0 Å². The maximum absolute atomic E-state index is 15.1. The fourth-order valence-corrected chi connectivity index (χ4v) is 5.14. The van der Waals surface area contributed by atoms with Crippen LogP contribution in [0.5, 0.6) is 0 Å². The molecular formula is C28H38FN5. The average Bonchev–Trinajstić information content (AvgIpc) is 3.38. The van der Waals surface area contributed by atoms with Crippen LogP contribution in [0.15, 0.2) is 61.2 Å². The predicted molar refractivity (Wildman–Crippen MR) is 136 cm³/mol. The summed E-state index contributed by atoms with van der Waals surface area (Å²) in [6.45, 7) is 9.21. The molecule has 0 amide bonds. The Bertz CT molecular complexity index is 1020. The van der Waals surface area contributed by atoms with E-state index in [1.165, 1.54) is 5.56 Å². The molecule has 2 heterocycles. The Kier molecular flexibility index (Phi) is 7.99. The SMILES string of the molecule is CC(CC[C@H](C)N(C)Cc1ccc(N2CCC(n3cnnc3)C(C)C2)cc1F)c1ccccc1. The topological polar surface area (TPSA) is 37.2 Å². The lowest BCUT2D eigenvalue weighted by Gasteiger charge is -2.38. The Labute approximate surface area is 203 Å². The van der Waals surface area contributed by atoms with Gasteiger partial charge in [-0.05, 0) is 62.8 Å². The minimum atomic E-state index is -0.109. The van der Waals surface area contributed by atoms with Crippen molar-refractivity contribution < 1.29 is 4.39 Å². The van der Waals surface area contributed by atoms with Gasteiger partial charge < -0.3 is 9.47 Å². The van der Waals surface area contributed by atoms with Crippen LogP contribution in [0.2, 0.25) is 0 Å². The molecule has 34 heavy (non-hydrogen) atoms. The minimum absolute atomic E-state index is 0.109. The molecule has 2 aromatic carbocycles. The highest BCUT2D eigenvalue weighted by Crippen LogP contribution is 2.31. The van der Waals surface area contributed by atoms with Gasteiger partial charge in [0.05, 0.1) is 0 Å². The highest BCUT2D eigenvalue weighted by atomic mass is 19.1. The number of aromatic nitrogens is 3. The Hall–Kier alpha value is -2.73. The van der Waals surface area contributed by atoms with E-state index in [0.717, 1.165) is 43.6 Å². The molecule has 3 aromatic rings. The summed E-state index contributed by atoms with van der Waals surface area (Å²) >= 11 is 0. The lowest BCUT2D eigenvalue weighted by atomic mass is 9.93. The summed E-state index contributed by atoms with van der Waals surface area (Å²) < 4.78 is 17.2. The van der Waals surface area contributed by atoms with Gasteiger partial charge in [0.15, 0.2) is 0 Å². The van der Waals surface area contributed by atoms with E-state index in [1.807, 2.05) is 6.07 Å². The molecule has 0 saturated carbocycles. The Balaban J connectivity index is 1.30. The van der Waals surface area contributed by atoms with Gasteiger partial charge in [-0.25, -0.2) is 4.39 Å². The Morgan fingerprint density at radius 2 is 1.79 bits per heavy atom. The summed E-state index contributed by atoms with van der Waals surface area (Å²) in [6.07, 6.45) is 6.81. The van der Waals surface area contributed by atoms with Gasteiger partial charge in [0.2, 0.25) is 0 Å². The molecule has 6 heteroatoms. The highest BCUT2D eigenvalue weighted by molar-refractivity contribution is 5.49. The largest absolute Gasteiger partial charge is 0.371 e. The first-order chi connectivity index (χ1) is 16.4. The molecule has 4 rings (SSSR count). The minimum Gasteiger partial charge on any atom is -0.371 e. The quantitative estimate of drug-likeness (QED) is 0.395. The van der Waals surface area contributed by atoms with Gasteiger partial charge in [-0.15, -0.1) is 10.2 Å². The molecule has 5 nitrogen and oxygen atoms in total. The summed E-state index contributed by atoms with van der Waals surface area (Å²) in [5.74, 6) is 0.866. The summed E-state index contributed by atoms with van der Waals surface area (Å²) in [5.41, 5.74) is 3.13. The fraction of sp³-hybridized carbons (Fsp3) is 0.500. The van der Waals surface area contributed by atoms with Gasteiger partial charge in [-0.2, -0.15) is 0 Å². The number of rotatable bonds is 9. The van der Waals surface area contributed by atoms with Crippen LogP contribution in [0, 0.1) is 11.7 Å². The lowest BCUT2D eigenvalue weighted by molar-refractivity contribution is 0.229. The zero-order valence-electron chi connectivity index (χ0n) is 20.9. The van der Waals surface area contributed by atoms with Crippen LogP contribution < -0.4 is 4.90 Å². The first-order valence-corrected chi connectivity index (χ1v) is 12.5. The number of benzene rings is 2. The van der Waals surface area contributed by atoms with Gasteiger partial charge in [0, 0.05) is 43.0 Å². The Morgan fingerprint density at radius 1 is 1.06 bits per heavy atom. The molecule has 1 aliphatic rings. The second-order valence-electron chi connectivity index (χ2n) is 10.1. The molecule has 0 radical (unpaired) electrons. The van der Waals surface area contributed by atoms with Crippen molar-refractivity contribution in [2.24, 2.45) is 5.92 Å². The van der Waals surface area contributed by atoms with Crippen LogP contribution in [-0.4, -0.2) is 45.8 Å². The first kappa shape index (κ1) is 24.4. The molecular weight excluding hydrogens is 425 g/mol. The van der Waals surface area contributed by atoms with Crippen LogP contribution in [0.4, 0.5) is 10.1 Å². The molecule has 182 valence electrons. The van der Waals surface area contributed by atoms with Crippen LogP contribution in [0.1, 0.15) is 63.1 Å². The van der Waals surface area contributed by atoms with E-state index in [0.29, 0.717) is 30.5 Å². The first-order valence-electron chi connectivity index (χ1n) is 12.5. The number of anilines is 1. The highest BCUT2D eigenvalue weighted by Gasteiger charge is 2.28. The number of hydrogen-bond donors (Lipinski definition) is 0. The molecule has 0 aliphatic carbocycles. The third kappa shape index (κ3) is 5.84. The van der Waals surface area contributed by atoms with Gasteiger partial charge in [-0.1, -0.05) is 50.2 Å². The van der Waals surface area contributed by atoms with Crippen LogP contribution in [0.25, 0.3) is 0 Å². The summed E-state index contributed by atoms with van der Waals surface area (Å²) in [5, 5.41) is 7.89. The molecule has 1 fully saturated rings. The molecule has 0 bridgehead atoms. The van der Waals surface area contributed by atoms with Crippen molar-refractivity contribution in [2.45, 2.75) is 64.6 Å². The maximum atomic E-state index is 15.1. The molecule has 1 saturated heterocycles. The Morgan fingerprint density at radius 3 is 2.47 bits per heavy atom. The van der Waals surface area contributed by atoms with Gasteiger partial charge in [0.1, 0.15) is 18.5 Å². The molecule has 3 unspecified atom stereocenters. The average molecular weight is 464 g/mol. The van der Waals surface area contributed by atoms with Gasteiger partial charge in [-0.3, -0.25) is 4.90 Å². The standard InChI is InChI=1S/C28H38FN5/c1-21(24-8-6-5-7-9-24)10-11-23(3)32(4)18-25-12-13-26(16-27(25)29)33-15-14-28(22(2)17-33)34-19-30-31-20-34/h5-9,12-13,16,19-23,28H,10-11,14-15,17-18H2,1-4H3/t21?,22?,23-,28?/m0/s1. The molecule has 0 N–H and O–H groups in total. The zero-order valence-corrected chi connectivity index (χ0v) is 20.9. The summed E-state index contributed by atoms with van der Waals surface area (Å²) in [7, 11) is 2.10. The number of hydrogen-bond acceptors (Lipinski definition) is 4. The summed E-state index contributed by atoms with van der Waals surface area (Å²) in [6, 6.07) is 17.2. The van der Waals surface area contributed by atoms with E-state index >= 15 is 4.39 Å². The third-order valence-corrected chi connectivity index (χ3v) is 7.64. The monoisotopic (exact) mass is 463 g/mol. The number of piperidine rings is 1. The molecule has 1 aromatic heterocycles. The molecule has 1 aliphatic heterocycles. The fourth-order valence-electron chi connectivity index (χ4n) is 5.14. The van der Waals surface area contributed by atoms with Crippen molar-refractivity contribution in [1.82, 2.24) is 19.7 Å². The summed E-state index contributed by atoms with van der Waals surface area (Å²) in [4.78, 5) is 4.57. The molecule has 0 spiro atoms. The van der Waals surface area contributed by atoms with Crippen molar-refractivity contribution in [2.75, 3.05) is 25.0 Å². The van der Waals surface area contributed by atoms with E-state index in [9.17, 15) is 0 Å². The maximum Gasteiger partial charge on any atom is 0.129 e. The van der Waals surface area contributed by atoms with Crippen molar-refractivity contribution in [3.05, 3.63) is 78.1 Å². The van der Waals surface area contributed by atoms with Gasteiger partial charge in [0.25, 0.3) is 0 Å². The van der Waals surface area contributed by atoms with E-state index in [1.54, 1.807) is 18.7 Å². The van der Waals surface area contributed by atoms with E-state index in [-0.39, 0.29) is 5.82 Å². The van der Waals surface area contributed by atoms with E-state index < -0.39 is 0 Å². The smallest absolute Gasteiger partial charge is 0.129 e. The molecule has 4 atom stereocenters. The zero-order chi connectivity index (χ0) is 24.1. The van der Waals surface area contributed by atoms with Gasteiger partial charge >= 0.3 is 0 Å². The third-order valence-electron chi connectivity index (χ3n) is 7.64. The second kappa shape index (κ2) is 11.1. The van der Waals surface area contributed by atoms with Crippen LogP contribution in [0.3, 0.4) is 0 Å². The predicted octanol–water partition coefficient (Wildman–Crippen LogP) is 5.91.